The molecule has 2 aromatic rings. The lowest BCUT2D eigenvalue weighted by molar-refractivity contribution is -0.136. The molecule has 0 unspecified atom stereocenters. The highest BCUT2D eigenvalue weighted by atomic mass is 16.5. The third kappa shape index (κ3) is 2.82. The number of nitrogens with zero attached hydrogens (tertiary/aromatic N) is 3. The van der Waals surface area contributed by atoms with Gasteiger partial charge in [-0.1, -0.05) is 30.3 Å². The van der Waals surface area contributed by atoms with E-state index in [4.69, 9.17) is 4.74 Å². The fourth-order valence-electron chi connectivity index (χ4n) is 1.49. The molecule has 0 spiro atoms. The van der Waals surface area contributed by atoms with Crippen molar-refractivity contribution in [3.63, 3.8) is 0 Å². The van der Waals surface area contributed by atoms with Gasteiger partial charge in [-0.05, 0) is 12.5 Å². The van der Waals surface area contributed by atoms with Crippen molar-refractivity contribution in [1.29, 1.82) is 0 Å². The average Bonchev–Trinajstić information content (AvgIpc) is 2.90. The van der Waals surface area contributed by atoms with E-state index in [9.17, 15) is 4.79 Å². The average molecular weight is 243 g/mol. The Labute approximate surface area is 105 Å². The number of hydrogen-bond donors (Lipinski definition) is 0. The summed E-state index contributed by atoms with van der Waals surface area (Å²) < 4.78 is 6.51. The Hall–Kier alpha value is -2.43. The van der Waals surface area contributed by atoms with Crippen molar-refractivity contribution in [3.05, 3.63) is 48.5 Å². The van der Waals surface area contributed by atoms with Crippen LogP contribution in [0.2, 0.25) is 0 Å². The fraction of sp³-hybridized carbons (Fsp3) is 0.154. The van der Waals surface area contributed by atoms with Gasteiger partial charge in [-0.15, -0.1) is 0 Å². The van der Waals surface area contributed by atoms with Crippen LogP contribution in [0.1, 0.15) is 12.5 Å². The molecule has 0 aliphatic rings. The van der Waals surface area contributed by atoms with Crippen LogP contribution >= 0.6 is 0 Å². The molecule has 0 amide bonds. The highest BCUT2D eigenvalue weighted by Gasteiger charge is 2.13. The smallest absolute Gasteiger partial charge is 0.340 e. The highest BCUT2D eigenvalue weighted by molar-refractivity contribution is 6.20. The van der Waals surface area contributed by atoms with Crippen molar-refractivity contribution in [2.75, 3.05) is 6.61 Å². The Morgan fingerprint density at radius 2 is 2.17 bits per heavy atom. The zero-order valence-electron chi connectivity index (χ0n) is 9.98. The summed E-state index contributed by atoms with van der Waals surface area (Å²) in [5, 5.41) is 3.95. The maximum Gasteiger partial charge on any atom is 0.340 e. The van der Waals surface area contributed by atoms with Crippen LogP contribution < -0.4 is 0 Å². The number of carbonyl (C=O) groups is 1. The van der Waals surface area contributed by atoms with Gasteiger partial charge in [-0.2, -0.15) is 5.10 Å². The van der Waals surface area contributed by atoms with Crippen molar-refractivity contribution in [2.45, 2.75) is 6.92 Å². The van der Waals surface area contributed by atoms with Gasteiger partial charge in [-0.25, -0.2) is 14.5 Å². The Morgan fingerprint density at radius 3 is 2.78 bits per heavy atom. The van der Waals surface area contributed by atoms with E-state index in [-0.39, 0.29) is 5.97 Å². The van der Waals surface area contributed by atoms with Crippen LogP contribution in [0.15, 0.2) is 43.0 Å². The van der Waals surface area contributed by atoms with Crippen LogP contribution in [0, 0.1) is 0 Å². The molecule has 0 bridgehead atoms. The second-order valence-electron chi connectivity index (χ2n) is 3.50. The number of rotatable bonds is 4. The van der Waals surface area contributed by atoms with Gasteiger partial charge >= 0.3 is 5.97 Å². The zero-order chi connectivity index (χ0) is 12.8. The summed E-state index contributed by atoms with van der Waals surface area (Å²) in [6.07, 6.45) is 4.52. The molecule has 1 aromatic carbocycles. The minimum Gasteiger partial charge on any atom is -0.462 e. The SMILES string of the molecule is CCOC(=O)C(=Cn1cncn1)c1ccccc1. The molecule has 2 rings (SSSR count). The maximum absolute atomic E-state index is 11.9. The van der Waals surface area contributed by atoms with E-state index in [2.05, 4.69) is 10.1 Å². The monoisotopic (exact) mass is 243 g/mol. The van der Waals surface area contributed by atoms with Crippen LogP contribution in [-0.2, 0) is 9.53 Å². The molecule has 0 fully saturated rings. The van der Waals surface area contributed by atoms with E-state index >= 15 is 0 Å². The summed E-state index contributed by atoms with van der Waals surface area (Å²) in [5.74, 6) is -0.376. The van der Waals surface area contributed by atoms with Crippen LogP contribution in [0.5, 0.6) is 0 Å². The first-order valence-electron chi connectivity index (χ1n) is 5.59. The van der Waals surface area contributed by atoms with E-state index < -0.39 is 0 Å². The largest absolute Gasteiger partial charge is 0.462 e. The number of hydrogen-bond acceptors (Lipinski definition) is 4. The molecule has 0 saturated heterocycles. The van der Waals surface area contributed by atoms with Gasteiger partial charge < -0.3 is 4.74 Å². The second-order valence-corrected chi connectivity index (χ2v) is 3.50. The summed E-state index contributed by atoms with van der Waals surface area (Å²) in [4.78, 5) is 15.7. The molecule has 0 radical (unpaired) electrons. The van der Waals surface area contributed by atoms with Crippen molar-refractivity contribution < 1.29 is 9.53 Å². The summed E-state index contributed by atoms with van der Waals surface area (Å²) in [7, 11) is 0. The lowest BCUT2D eigenvalue weighted by Crippen LogP contribution is -2.08. The van der Waals surface area contributed by atoms with Gasteiger partial charge in [0.05, 0.1) is 12.2 Å². The third-order valence-corrected chi connectivity index (χ3v) is 2.28. The molecular weight excluding hydrogens is 230 g/mol. The summed E-state index contributed by atoms with van der Waals surface area (Å²) in [6, 6.07) is 9.31. The Balaban J connectivity index is 2.38. The molecule has 18 heavy (non-hydrogen) atoms. The first kappa shape index (κ1) is 12.0. The number of carbonyl (C=O) groups excluding carboxylic acids is 1. The predicted octanol–water partition coefficient (Wildman–Crippen LogP) is 1.84. The van der Waals surface area contributed by atoms with Gasteiger partial charge in [0.2, 0.25) is 0 Å². The van der Waals surface area contributed by atoms with Gasteiger partial charge in [0.25, 0.3) is 0 Å². The number of benzene rings is 1. The minimum absolute atomic E-state index is 0.334. The molecule has 5 heteroatoms. The Bertz CT molecular complexity index is 533. The molecule has 1 aromatic heterocycles. The normalized spacial score (nSPS) is 11.3. The van der Waals surface area contributed by atoms with Crippen LogP contribution in [0.3, 0.4) is 0 Å². The topological polar surface area (TPSA) is 57.0 Å². The molecule has 0 N–H and O–H groups in total. The van der Waals surface area contributed by atoms with E-state index in [0.717, 1.165) is 5.56 Å². The first-order valence-corrected chi connectivity index (χ1v) is 5.59. The van der Waals surface area contributed by atoms with Crippen molar-refractivity contribution in [2.24, 2.45) is 0 Å². The molecule has 5 nitrogen and oxygen atoms in total. The number of aromatic nitrogens is 3. The second kappa shape index (κ2) is 5.77. The highest BCUT2D eigenvalue weighted by Crippen LogP contribution is 2.16. The summed E-state index contributed by atoms with van der Waals surface area (Å²) >= 11 is 0. The molecule has 1 heterocycles. The molecule has 0 aliphatic heterocycles. The van der Waals surface area contributed by atoms with Crippen LogP contribution in [0.4, 0.5) is 0 Å². The van der Waals surface area contributed by atoms with Gasteiger partial charge in [0, 0.05) is 6.20 Å². The van der Waals surface area contributed by atoms with E-state index in [1.54, 1.807) is 13.1 Å². The van der Waals surface area contributed by atoms with Crippen molar-refractivity contribution in [1.82, 2.24) is 14.8 Å². The molecule has 0 atom stereocenters. The van der Waals surface area contributed by atoms with Gasteiger partial charge in [0.1, 0.15) is 12.7 Å². The van der Waals surface area contributed by atoms with Crippen LogP contribution in [0.25, 0.3) is 11.8 Å². The summed E-state index contributed by atoms with van der Waals surface area (Å²) in [6.45, 7) is 2.11. The number of ether oxygens (including phenoxy) is 1. The van der Waals surface area contributed by atoms with E-state index in [1.165, 1.54) is 17.3 Å². The Kier molecular flexibility index (Phi) is 3.86. The minimum atomic E-state index is -0.376. The van der Waals surface area contributed by atoms with Gasteiger partial charge in [-0.3, -0.25) is 0 Å². The molecule has 0 saturated carbocycles. The quantitative estimate of drug-likeness (QED) is 0.607. The molecule has 92 valence electrons. The molecule has 0 aliphatic carbocycles. The lowest BCUT2D eigenvalue weighted by Gasteiger charge is -2.06. The van der Waals surface area contributed by atoms with Crippen molar-refractivity contribution >= 4 is 17.7 Å². The Morgan fingerprint density at radius 1 is 1.39 bits per heavy atom. The lowest BCUT2D eigenvalue weighted by atomic mass is 10.1. The first-order chi connectivity index (χ1) is 8.81. The van der Waals surface area contributed by atoms with E-state index in [1.807, 2.05) is 30.3 Å². The van der Waals surface area contributed by atoms with E-state index in [0.29, 0.717) is 12.2 Å². The molecular formula is C13H13N3O2. The number of esters is 1. The zero-order valence-corrected chi connectivity index (χ0v) is 9.98. The van der Waals surface area contributed by atoms with Crippen molar-refractivity contribution in [3.8, 4) is 0 Å². The predicted molar refractivity (Wildman–Crippen MR) is 67.3 cm³/mol. The van der Waals surface area contributed by atoms with Crippen LogP contribution in [-0.4, -0.2) is 27.3 Å². The maximum atomic E-state index is 11.9. The standard InChI is InChI=1S/C13H13N3O2/c1-2-18-13(17)12(8-16-10-14-9-15-16)11-6-4-3-5-7-11/h3-10H,2H2,1H3. The van der Waals surface area contributed by atoms with Gasteiger partial charge in [0.15, 0.2) is 0 Å². The summed E-state index contributed by atoms with van der Waals surface area (Å²) in [5.41, 5.74) is 1.23. The fourth-order valence-corrected chi connectivity index (χ4v) is 1.49. The third-order valence-electron chi connectivity index (χ3n) is 2.28.